The van der Waals surface area contributed by atoms with Crippen molar-refractivity contribution in [2.45, 2.75) is 13.3 Å². The molecule has 0 spiro atoms. The summed E-state index contributed by atoms with van der Waals surface area (Å²) in [5, 5.41) is 0. The van der Waals surface area contributed by atoms with Crippen molar-refractivity contribution in [1.29, 1.82) is 0 Å². The van der Waals surface area contributed by atoms with E-state index in [1.165, 1.54) is 12.1 Å². The van der Waals surface area contributed by atoms with Crippen molar-refractivity contribution in [3.05, 3.63) is 82.2 Å². The lowest BCUT2D eigenvalue weighted by Crippen LogP contribution is -2.22. The topological polar surface area (TPSA) is 34.1 Å². The molecule has 3 rings (SSSR count). The first-order valence-electron chi connectivity index (χ1n) is 6.70. The summed E-state index contributed by atoms with van der Waals surface area (Å²) in [4.78, 5) is 24.9. The van der Waals surface area contributed by atoms with Gasteiger partial charge in [-0.3, -0.25) is 9.59 Å². The Hall–Kier alpha value is -2.55. The van der Waals surface area contributed by atoms with E-state index >= 15 is 0 Å². The number of benzene rings is 2. The number of carbonyl (C=O) groups is 2. The maximum atomic E-state index is 13.3. The fourth-order valence-electron chi connectivity index (χ4n) is 2.61. The van der Waals surface area contributed by atoms with E-state index in [0.717, 1.165) is 0 Å². The minimum Gasteiger partial charge on any atom is -0.289 e. The van der Waals surface area contributed by atoms with E-state index in [4.69, 9.17) is 0 Å². The van der Waals surface area contributed by atoms with Crippen molar-refractivity contribution in [2.75, 3.05) is 0 Å². The van der Waals surface area contributed by atoms with E-state index < -0.39 is 0 Å². The fourth-order valence-corrected chi connectivity index (χ4v) is 2.61. The molecule has 0 saturated heterocycles. The second-order valence-corrected chi connectivity index (χ2v) is 5.11. The summed E-state index contributed by atoms with van der Waals surface area (Å²) < 4.78 is 13.3. The molecule has 2 aromatic rings. The average molecular weight is 280 g/mol. The van der Waals surface area contributed by atoms with Crippen molar-refractivity contribution >= 4 is 11.6 Å². The van der Waals surface area contributed by atoms with Crippen LogP contribution in [0.4, 0.5) is 4.39 Å². The summed E-state index contributed by atoms with van der Waals surface area (Å²) in [7, 11) is 0. The Balaban J connectivity index is 2.05. The fraction of sp³-hybridized carbons (Fsp3) is 0.111. The Morgan fingerprint density at radius 2 is 1.57 bits per heavy atom. The zero-order valence-corrected chi connectivity index (χ0v) is 11.5. The Kier molecular flexibility index (Phi) is 3.26. The average Bonchev–Trinajstić information content (AvgIpc) is 2.49. The molecule has 0 amide bonds. The third kappa shape index (κ3) is 2.31. The van der Waals surface area contributed by atoms with Gasteiger partial charge in [0.2, 0.25) is 0 Å². The lowest BCUT2D eigenvalue weighted by atomic mass is 9.82. The van der Waals surface area contributed by atoms with Crippen LogP contribution >= 0.6 is 0 Å². The number of hydrogen-bond donors (Lipinski definition) is 0. The van der Waals surface area contributed by atoms with E-state index in [2.05, 4.69) is 0 Å². The minimum absolute atomic E-state index is 0.128. The molecule has 0 atom stereocenters. The molecule has 1 aliphatic rings. The van der Waals surface area contributed by atoms with Crippen LogP contribution in [0.25, 0.3) is 0 Å². The van der Waals surface area contributed by atoms with Gasteiger partial charge in [0.1, 0.15) is 5.82 Å². The highest BCUT2D eigenvalue weighted by molar-refractivity contribution is 6.26. The number of halogens is 1. The van der Waals surface area contributed by atoms with Gasteiger partial charge in [-0.15, -0.1) is 0 Å². The van der Waals surface area contributed by atoms with Crippen LogP contribution in [-0.2, 0) is 6.42 Å². The number of rotatable bonds is 2. The molecular formula is C18H13FO2. The molecule has 3 heteroatoms. The van der Waals surface area contributed by atoms with Crippen LogP contribution in [0.1, 0.15) is 33.2 Å². The molecule has 0 unspecified atom stereocenters. The number of allylic oxidation sites excluding steroid dienone is 2. The smallest absolute Gasteiger partial charge is 0.190 e. The predicted octanol–water partition coefficient (Wildman–Crippen LogP) is 3.76. The lowest BCUT2D eigenvalue weighted by molar-refractivity contribution is 0.0973. The highest BCUT2D eigenvalue weighted by Gasteiger charge is 2.29. The standard InChI is InChI=1S/C18H13FO2/c1-11-16(10-12-5-4-6-13(19)9-12)18(21)15-8-3-2-7-14(15)17(11)20/h2-9H,10H2,1H3. The van der Waals surface area contributed by atoms with Gasteiger partial charge in [0.15, 0.2) is 11.6 Å². The van der Waals surface area contributed by atoms with Gasteiger partial charge in [0.05, 0.1) is 0 Å². The molecule has 21 heavy (non-hydrogen) atoms. The molecule has 0 saturated carbocycles. The van der Waals surface area contributed by atoms with E-state index in [1.807, 2.05) is 0 Å². The predicted molar refractivity (Wildman–Crippen MR) is 77.9 cm³/mol. The maximum Gasteiger partial charge on any atom is 0.190 e. The van der Waals surface area contributed by atoms with E-state index in [0.29, 0.717) is 27.8 Å². The minimum atomic E-state index is -0.347. The second-order valence-electron chi connectivity index (χ2n) is 5.11. The maximum absolute atomic E-state index is 13.3. The molecule has 104 valence electrons. The SMILES string of the molecule is CC1=C(Cc2cccc(F)c2)C(=O)c2ccccc2C1=O. The van der Waals surface area contributed by atoms with Gasteiger partial charge in [0, 0.05) is 28.7 Å². The Morgan fingerprint density at radius 1 is 0.905 bits per heavy atom. The number of carbonyl (C=O) groups excluding carboxylic acids is 2. The number of fused-ring (bicyclic) bond motifs is 1. The zero-order valence-electron chi connectivity index (χ0n) is 11.5. The van der Waals surface area contributed by atoms with Crippen molar-refractivity contribution in [3.8, 4) is 0 Å². The molecule has 0 fully saturated rings. The van der Waals surface area contributed by atoms with Crippen LogP contribution in [0, 0.1) is 5.82 Å². The van der Waals surface area contributed by atoms with Crippen LogP contribution in [0.2, 0.25) is 0 Å². The van der Waals surface area contributed by atoms with Crippen LogP contribution < -0.4 is 0 Å². The van der Waals surface area contributed by atoms with Gasteiger partial charge in [-0.05, 0) is 24.6 Å². The van der Waals surface area contributed by atoms with Crippen molar-refractivity contribution in [1.82, 2.24) is 0 Å². The number of Topliss-reactive ketones (excluding diaryl/α,β-unsaturated/α-hetero) is 2. The molecule has 2 aromatic carbocycles. The molecule has 0 bridgehead atoms. The van der Waals surface area contributed by atoms with E-state index in [-0.39, 0.29) is 23.8 Å². The second kappa shape index (κ2) is 5.09. The molecule has 1 aliphatic carbocycles. The molecule has 0 aliphatic heterocycles. The van der Waals surface area contributed by atoms with Gasteiger partial charge in [-0.2, -0.15) is 0 Å². The normalized spacial score (nSPS) is 14.4. The Bertz CT molecular complexity index is 787. The van der Waals surface area contributed by atoms with Gasteiger partial charge in [0.25, 0.3) is 0 Å². The van der Waals surface area contributed by atoms with Crippen LogP contribution in [0.3, 0.4) is 0 Å². The molecule has 0 N–H and O–H groups in total. The summed E-state index contributed by atoms with van der Waals surface area (Å²) in [6.07, 6.45) is 0.266. The summed E-state index contributed by atoms with van der Waals surface area (Å²) >= 11 is 0. The number of ketones is 2. The molecule has 0 heterocycles. The first-order chi connectivity index (χ1) is 10.1. The van der Waals surface area contributed by atoms with Crippen molar-refractivity contribution in [2.24, 2.45) is 0 Å². The van der Waals surface area contributed by atoms with E-state index in [1.54, 1.807) is 43.3 Å². The van der Waals surface area contributed by atoms with Gasteiger partial charge in [-0.1, -0.05) is 36.4 Å². The molecule has 0 aromatic heterocycles. The van der Waals surface area contributed by atoms with Crippen LogP contribution in [-0.4, -0.2) is 11.6 Å². The highest BCUT2D eigenvalue weighted by Crippen LogP contribution is 2.28. The highest BCUT2D eigenvalue weighted by atomic mass is 19.1. The summed E-state index contributed by atoms with van der Waals surface area (Å²) in [5.74, 6) is -0.621. The summed E-state index contributed by atoms with van der Waals surface area (Å²) in [5.41, 5.74) is 2.46. The third-order valence-corrected chi connectivity index (χ3v) is 3.75. The zero-order chi connectivity index (χ0) is 15.0. The van der Waals surface area contributed by atoms with Crippen molar-refractivity contribution < 1.29 is 14.0 Å². The first kappa shape index (κ1) is 13.4. The lowest BCUT2D eigenvalue weighted by Gasteiger charge is -2.19. The number of hydrogen-bond acceptors (Lipinski definition) is 2. The van der Waals surface area contributed by atoms with E-state index in [9.17, 15) is 14.0 Å². The quantitative estimate of drug-likeness (QED) is 0.839. The Morgan fingerprint density at radius 3 is 2.24 bits per heavy atom. The van der Waals surface area contributed by atoms with Gasteiger partial charge >= 0.3 is 0 Å². The summed E-state index contributed by atoms with van der Waals surface area (Å²) in [6.45, 7) is 1.66. The first-order valence-corrected chi connectivity index (χ1v) is 6.70. The van der Waals surface area contributed by atoms with Crippen LogP contribution in [0.5, 0.6) is 0 Å². The van der Waals surface area contributed by atoms with Gasteiger partial charge in [-0.25, -0.2) is 4.39 Å². The largest absolute Gasteiger partial charge is 0.289 e. The molecule has 0 radical (unpaired) electrons. The van der Waals surface area contributed by atoms with Gasteiger partial charge < -0.3 is 0 Å². The monoisotopic (exact) mass is 280 g/mol. The summed E-state index contributed by atoms with van der Waals surface area (Å²) in [6, 6.07) is 12.9. The molecule has 2 nitrogen and oxygen atoms in total. The Labute approximate surface area is 121 Å². The van der Waals surface area contributed by atoms with Crippen LogP contribution in [0.15, 0.2) is 59.7 Å². The van der Waals surface area contributed by atoms with Crippen molar-refractivity contribution in [3.63, 3.8) is 0 Å². The molecular weight excluding hydrogens is 267 g/mol. The third-order valence-electron chi connectivity index (χ3n) is 3.75.